The molecule has 0 radical (unpaired) electrons. The van der Waals surface area contributed by atoms with E-state index in [4.69, 9.17) is 4.74 Å². The lowest BCUT2D eigenvalue weighted by Gasteiger charge is -2.27. The van der Waals surface area contributed by atoms with Crippen molar-refractivity contribution < 1.29 is 13.5 Å². The van der Waals surface area contributed by atoms with Crippen LogP contribution in [0.3, 0.4) is 0 Å². The molecule has 1 aliphatic heterocycles. The summed E-state index contributed by atoms with van der Waals surface area (Å²) in [5.74, 6) is 0.391. The van der Waals surface area contributed by atoms with Crippen molar-refractivity contribution in [2.45, 2.75) is 12.8 Å². The fourth-order valence-electron chi connectivity index (χ4n) is 3.69. The zero-order valence-corrected chi connectivity index (χ0v) is 17.7. The van der Waals surface area contributed by atoms with E-state index in [1.165, 1.54) is 4.57 Å². The number of rotatable bonds is 7. The van der Waals surface area contributed by atoms with Gasteiger partial charge in [0.15, 0.2) is 5.82 Å². The van der Waals surface area contributed by atoms with Crippen LogP contribution in [0, 0.1) is 0 Å². The molecule has 1 aliphatic rings. The number of benzene rings is 1. The molecule has 0 aliphatic carbocycles. The third-order valence-corrected chi connectivity index (χ3v) is 5.28. The number of nitrogens with one attached hydrogen (secondary N) is 1. The Morgan fingerprint density at radius 1 is 0.939 bits per heavy atom. The van der Waals surface area contributed by atoms with Gasteiger partial charge in [-0.1, -0.05) is 18.2 Å². The van der Waals surface area contributed by atoms with E-state index < -0.39 is 12.2 Å². The van der Waals surface area contributed by atoms with Gasteiger partial charge >= 0.3 is 0 Å². The van der Waals surface area contributed by atoms with Crippen LogP contribution < -0.4 is 10.2 Å². The summed E-state index contributed by atoms with van der Waals surface area (Å²) in [4.78, 5) is 23.9. The van der Waals surface area contributed by atoms with Crippen molar-refractivity contribution in [2.75, 3.05) is 43.1 Å². The number of pyridine rings is 1. The van der Waals surface area contributed by atoms with Gasteiger partial charge in [0.25, 0.3) is 6.43 Å². The van der Waals surface area contributed by atoms with Crippen molar-refractivity contribution in [2.24, 2.45) is 0 Å². The summed E-state index contributed by atoms with van der Waals surface area (Å²) >= 11 is 0. The molecule has 0 atom stereocenters. The summed E-state index contributed by atoms with van der Waals surface area (Å²) < 4.78 is 34.5. The summed E-state index contributed by atoms with van der Waals surface area (Å²) in [6.45, 7) is 2.81. The Kier molecular flexibility index (Phi) is 6.03. The molecular weight excluding hydrogens is 430 g/mol. The molecule has 9 nitrogen and oxygen atoms in total. The molecule has 0 saturated carbocycles. The van der Waals surface area contributed by atoms with E-state index in [0.29, 0.717) is 62.2 Å². The Bertz CT molecular complexity index is 1230. The van der Waals surface area contributed by atoms with E-state index in [9.17, 15) is 8.78 Å². The average Bonchev–Trinajstić information content (AvgIpc) is 3.25. The third kappa shape index (κ3) is 4.58. The summed E-state index contributed by atoms with van der Waals surface area (Å²) in [5.41, 5.74) is 1.88. The highest BCUT2D eigenvalue weighted by Crippen LogP contribution is 2.27. The van der Waals surface area contributed by atoms with Gasteiger partial charge in [-0.3, -0.25) is 9.55 Å². The molecule has 3 aromatic heterocycles. The zero-order chi connectivity index (χ0) is 22.6. The number of imidazole rings is 1. The van der Waals surface area contributed by atoms with Gasteiger partial charge < -0.3 is 15.0 Å². The highest BCUT2D eigenvalue weighted by Gasteiger charge is 2.24. The van der Waals surface area contributed by atoms with Gasteiger partial charge in [-0.25, -0.2) is 13.8 Å². The van der Waals surface area contributed by atoms with Crippen LogP contribution in [-0.2, 0) is 11.2 Å². The number of nitrogens with zero attached hydrogens (tertiary/aromatic N) is 7. The van der Waals surface area contributed by atoms with Gasteiger partial charge in [0.05, 0.1) is 24.2 Å². The SMILES string of the molecule is FC(F)c1nc2ccccc2n1-c1nc(NCCc2ccccn2)nc(N2CCOCC2)n1. The predicted octanol–water partition coefficient (Wildman–Crippen LogP) is 3.03. The number of halogens is 2. The molecule has 1 fully saturated rings. The van der Waals surface area contributed by atoms with E-state index in [0.717, 1.165) is 5.69 Å². The van der Waals surface area contributed by atoms with Gasteiger partial charge in [-0.15, -0.1) is 0 Å². The molecule has 1 aromatic carbocycles. The summed E-state index contributed by atoms with van der Waals surface area (Å²) in [6, 6.07) is 12.7. The Hall–Kier alpha value is -3.73. The van der Waals surface area contributed by atoms with Gasteiger partial charge in [0.1, 0.15) is 0 Å². The van der Waals surface area contributed by atoms with Gasteiger partial charge in [0, 0.05) is 37.9 Å². The minimum absolute atomic E-state index is 0.0934. The summed E-state index contributed by atoms with van der Waals surface area (Å²) in [7, 11) is 0. The van der Waals surface area contributed by atoms with Gasteiger partial charge in [0.2, 0.25) is 17.8 Å². The second-order valence-corrected chi connectivity index (χ2v) is 7.45. The molecule has 1 saturated heterocycles. The van der Waals surface area contributed by atoms with E-state index in [1.54, 1.807) is 30.5 Å². The number of fused-ring (bicyclic) bond motifs is 1. The molecule has 0 unspecified atom stereocenters. The lowest BCUT2D eigenvalue weighted by Crippen LogP contribution is -2.37. The van der Waals surface area contributed by atoms with Gasteiger partial charge in [-0.05, 0) is 24.3 Å². The number of aromatic nitrogens is 6. The number of ether oxygens (including phenoxy) is 1. The number of anilines is 2. The first kappa shape index (κ1) is 21.1. The molecule has 11 heteroatoms. The van der Waals surface area contributed by atoms with Crippen molar-refractivity contribution in [3.63, 3.8) is 0 Å². The monoisotopic (exact) mass is 452 g/mol. The number of alkyl halides is 2. The minimum atomic E-state index is -2.79. The van der Waals surface area contributed by atoms with Crippen molar-refractivity contribution in [3.05, 3.63) is 60.2 Å². The van der Waals surface area contributed by atoms with E-state index >= 15 is 0 Å². The van der Waals surface area contributed by atoms with Crippen molar-refractivity contribution in [1.29, 1.82) is 0 Å². The van der Waals surface area contributed by atoms with E-state index in [1.807, 2.05) is 23.1 Å². The second kappa shape index (κ2) is 9.41. The Morgan fingerprint density at radius 3 is 2.52 bits per heavy atom. The Labute approximate surface area is 188 Å². The molecule has 0 spiro atoms. The highest BCUT2D eigenvalue weighted by molar-refractivity contribution is 5.77. The molecule has 4 heterocycles. The normalized spacial score (nSPS) is 14.2. The molecule has 5 rings (SSSR count). The summed E-state index contributed by atoms with van der Waals surface area (Å²) in [6.07, 6.45) is -0.393. The fourth-order valence-corrected chi connectivity index (χ4v) is 3.69. The molecular formula is C22H22F2N8O. The summed E-state index contributed by atoms with van der Waals surface area (Å²) in [5, 5.41) is 3.19. The van der Waals surface area contributed by atoms with Crippen LogP contribution in [0.2, 0.25) is 0 Å². The number of hydrogen-bond donors (Lipinski definition) is 1. The molecule has 4 aromatic rings. The molecule has 0 bridgehead atoms. The lowest BCUT2D eigenvalue weighted by atomic mass is 10.3. The first-order chi connectivity index (χ1) is 16.2. The maximum absolute atomic E-state index is 13.9. The Balaban J connectivity index is 1.53. The van der Waals surface area contributed by atoms with Crippen LogP contribution >= 0.6 is 0 Å². The highest BCUT2D eigenvalue weighted by atomic mass is 19.3. The Morgan fingerprint density at radius 2 is 1.73 bits per heavy atom. The van der Waals surface area contributed by atoms with Crippen LogP contribution in [0.4, 0.5) is 20.7 Å². The van der Waals surface area contributed by atoms with Crippen molar-refractivity contribution >= 4 is 22.9 Å². The fraction of sp³-hybridized carbons (Fsp3) is 0.318. The smallest absolute Gasteiger partial charge is 0.296 e. The van der Waals surface area contributed by atoms with Crippen molar-refractivity contribution in [1.82, 2.24) is 29.5 Å². The van der Waals surface area contributed by atoms with Gasteiger partial charge in [-0.2, -0.15) is 15.0 Å². The lowest BCUT2D eigenvalue weighted by molar-refractivity contribution is 0.122. The maximum atomic E-state index is 13.9. The zero-order valence-electron chi connectivity index (χ0n) is 17.7. The largest absolute Gasteiger partial charge is 0.378 e. The number of para-hydroxylation sites is 2. The predicted molar refractivity (Wildman–Crippen MR) is 119 cm³/mol. The van der Waals surface area contributed by atoms with E-state index in [2.05, 4.69) is 30.2 Å². The number of morpholine rings is 1. The van der Waals surface area contributed by atoms with Crippen LogP contribution in [0.1, 0.15) is 17.9 Å². The van der Waals surface area contributed by atoms with Crippen LogP contribution in [0.15, 0.2) is 48.7 Å². The van der Waals surface area contributed by atoms with Crippen LogP contribution in [0.25, 0.3) is 17.0 Å². The number of hydrogen-bond acceptors (Lipinski definition) is 8. The molecule has 33 heavy (non-hydrogen) atoms. The third-order valence-electron chi connectivity index (χ3n) is 5.28. The average molecular weight is 452 g/mol. The topological polar surface area (TPSA) is 93.9 Å². The first-order valence-electron chi connectivity index (χ1n) is 10.7. The second-order valence-electron chi connectivity index (χ2n) is 7.45. The van der Waals surface area contributed by atoms with Crippen molar-refractivity contribution in [3.8, 4) is 5.95 Å². The maximum Gasteiger partial charge on any atom is 0.296 e. The first-order valence-corrected chi connectivity index (χ1v) is 10.7. The minimum Gasteiger partial charge on any atom is -0.378 e. The quantitative estimate of drug-likeness (QED) is 0.457. The van der Waals surface area contributed by atoms with E-state index in [-0.39, 0.29) is 5.95 Å². The van der Waals surface area contributed by atoms with Crippen LogP contribution in [0.5, 0.6) is 0 Å². The molecule has 1 N–H and O–H groups in total. The molecule has 170 valence electrons. The van der Waals surface area contributed by atoms with Crippen LogP contribution in [-0.4, -0.2) is 62.3 Å². The molecule has 0 amide bonds. The standard InChI is InChI=1S/C22H22F2N8O/c23-18(24)19-27-16-6-1-2-7-17(16)32(19)22-29-20(26-10-8-15-5-3-4-9-25-15)28-21(30-22)31-11-13-33-14-12-31/h1-7,9,18H,8,10-14H2,(H,26,28,29,30).